The summed E-state index contributed by atoms with van der Waals surface area (Å²) < 4.78 is 21.0. The van der Waals surface area contributed by atoms with Crippen LogP contribution in [0.2, 0.25) is 0 Å². The summed E-state index contributed by atoms with van der Waals surface area (Å²) in [4.78, 5) is 130. The van der Waals surface area contributed by atoms with E-state index in [1.165, 1.54) is 11.6 Å². The summed E-state index contributed by atoms with van der Waals surface area (Å²) in [7, 11) is 8.67. The molecule has 0 saturated carbocycles. The summed E-state index contributed by atoms with van der Waals surface area (Å²) >= 11 is 0. The maximum absolute atomic E-state index is 13.9. The minimum atomic E-state index is -0.582. The monoisotopic (exact) mass is 1660 g/mol. The van der Waals surface area contributed by atoms with Crippen molar-refractivity contribution in [2.45, 2.75) is 132 Å². The van der Waals surface area contributed by atoms with E-state index in [4.69, 9.17) is 14.2 Å². The minimum absolute atomic E-state index is 0.000424. The van der Waals surface area contributed by atoms with Crippen LogP contribution >= 0.6 is 0 Å². The third-order valence-corrected chi connectivity index (χ3v) is 25.0. The van der Waals surface area contributed by atoms with E-state index in [0.29, 0.717) is 96.4 Å². The number of ether oxygens (including phenoxy) is 3. The van der Waals surface area contributed by atoms with E-state index in [0.717, 1.165) is 110 Å². The van der Waals surface area contributed by atoms with Crippen LogP contribution in [0, 0.1) is 17.8 Å². The van der Waals surface area contributed by atoms with Gasteiger partial charge in [0.2, 0.25) is 35.4 Å². The molecular weight excluding hydrogens is 1560 g/mol. The molecule has 12 aromatic rings. The standard InChI is InChI=1S/C31H35N7O4.C31H34N6O4.C30H35N7O3/c1-36-27-11-8-21(14-25(27)34-35-36)17-33-30(40)28-15-22(13-20-6-9-24(42-2)10-7-20)19-38(28)31(41)26-16-23(18-32-26)37-12-4-3-5-29(37)39;1-41-24-6-4-19(5-7-24)11-20-12-28(30(39)35-17-23-13-22-15-32-10-8-26(22)36-23)37(18-20)31(40)27-14-21(16-34-27)25-3-2-9-33-29(25)38;1-36-18-23(15-34-36)21-12-27(32-14-21)30(39)37-17-20(9-19-3-5-25(40-2)6-4-19)10-28(37)29(38)33-16-24-11-22-13-31-8-7-26(22)35-24/h3-12,14,22-23,26,28,32H,13,15-19H2,1-2H3,(H,33,40);2-10,13,15,20-21,27-28,34,36H,11-12,14,16-18H2,1H3,(H,33,38)(H,35,39);3-8,11,13,15,18,20-21,27-28,32,35H,9-10,12,14,16-17H2,1-2H3,(H,33,38). The van der Waals surface area contributed by atoms with E-state index in [1.807, 2.05) is 147 Å². The van der Waals surface area contributed by atoms with Gasteiger partial charge < -0.3 is 80.3 Å². The topological polar surface area (TPSA) is 373 Å². The molecule has 6 aliphatic rings. The molecule has 4 aromatic carbocycles. The summed E-state index contributed by atoms with van der Waals surface area (Å²) in [6, 6.07) is 43.1. The first-order chi connectivity index (χ1) is 59.8. The van der Waals surface area contributed by atoms with Crippen molar-refractivity contribution >= 4 is 68.3 Å². The van der Waals surface area contributed by atoms with Gasteiger partial charge in [0.15, 0.2) is 0 Å². The number of amides is 6. The lowest BCUT2D eigenvalue weighted by Gasteiger charge is -2.27. The fraction of sp³-hybridized carbons (Fsp3) is 0.380. The number of nitrogens with one attached hydrogen (secondary N) is 9. The van der Waals surface area contributed by atoms with Gasteiger partial charge in [0.25, 0.3) is 11.1 Å². The lowest BCUT2D eigenvalue weighted by Crippen LogP contribution is -2.51. The maximum atomic E-state index is 13.9. The van der Waals surface area contributed by atoms with Gasteiger partial charge in [-0.15, -0.1) is 5.10 Å². The van der Waals surface area contributed by atoms with Crippen molar-refractivity contribution in [2.75, 3.05) is 60.6 Å². The molecule has 6 saturated heterocycles. The fourth-order valence-electron chi connectivity index (χ4n) is 18.5. The zero-order valence-corrected chi connectivity index (χ0v) is 69.5. The average molecular weight is 1670 g/mol. The highest BCUT2D eigenvalue weighted by atomic mass is 16.5. The molecule has 0 aliphatic carbocycles. The largest absolute Gasteiger partial charge is 0.497 e. The lowest BCUT2D eigenvalue weighted by atomic mass is 9.96. The van der Waals surface area contributed by atoms with Crippen LogP contribution in [-0.4, -0.2) is 201 Å². The number of rotatable bonds is 24. The van der Waals surface area contributed by atoms with E-state index < -0.39 is 30.2 Å². The zero-order chi connectivity index (χ0) is 85.2. The number of hydrogen-bond donors (Lipinski definition) is 9. The molecule has 0 bridgehead atoms. The number of aryl methyl sites for hydroxylation is 2. The molecule has 6 amide bonds. The Morgan fingerprint density at radius 2 is 0.976 bits per heavy atom. The van der Waals surface area contributed by atoms with Crippen molar-refractivity contribution in [1.29, 1.82) is 0 Å². The third kappa shape index (κ3) is 19.6. The number of likely N-dealkylation sites (tertiary alicyclic amines) is 3. The second kappa shape index (κ2) is 37.9. The number of carbonyl (C=O) groups is 6. The molecule has 12 unspecified atom stereocenters. The molecule has 6 aliphatic heterocycles. The molecule has 12 atom stereocenters. The minimum Gasteiger partial charge on any atom is -0.497 e. The highest BCUT2D eigenvalue weighted by Crippen LogP contribution is 2.36. The first-order valence-corrected chi connectivity index (χ1v) is 42.1. The SMILES string of the molecule is COc1ccc(CC2CC(C(=O)NCc3cc4cnccc4[nH]3)N(C(=O)C3CC(c4ccc[nH]c4=O)CN3)C2)cc1.COc1ccc(CC2CC(C(=O)NCc3cc4cnccc4[nH]3)N(C(=O)C3CC(c4cnn(C)c4)CN3)C2)cc1.COc1ccc(CC2CC(C(=O)NCc3ccc4c(c3)nnn4C)N(C(=O)C3CC(n4ccccc4=O)CN3)C2)cc1. The van der Waals surface area contributed by atoms with Crippen LogP contribution in [0.3, 0.4) is 0 Å². The molecule has 0 spiro atoms. The smallest absolute Gasteiger partial charge is 0.251 e. The van der Waals surface area contributed by atoms with Gasteiger partial charge >= 0.3 is 0 Å². The van der Waals surface area contributed by atoms with E-state index in [-0.39, 0.29) is 88.2 Å². The molecule has 0 radical (unpaired) electrons. The van der Waals surface area contributed by atoms with Crippen molar-refractivity contribution in [3.05, 3.63) is 261 Å². The van der Waals surface area contributed by atoms with E-state index in [9.17, 15) is 38.4 Å². The van der Waals surface area contributed by atoms with Gasteiger partial charge in [0.1, 0.15) is 40.9 Å². The number of benzene rings is 4. The summed E-state index contributed by atoms with van der Waals surface area (Å²) in [5, 5.41) is 33.7. The van der Waals surface area contributed by atoms with Gasteiger partial charge in [-0.2, -0.15) is 5.10 Å². The molecule has 31 nitrogen and oxygen atoms in total. The number of methoxy groups -OCH3 is 3. The van der Waals surface area contributed by atoms with E-state index in [1.54, 1.807) is 94.4 Å². The predicted octanol–water partition coefficient (Wildman–Crippen LogP) is 6.83. The quantitative estimate of drug-likeness (QED) is 0.0299. The molecule has 123 heavy (non-hydrogen) atoms. The molecule has 18 rings (SSSR count). The van der Waals surface area contributed by atoms with Crippen LogP contribution in [0.4, 0.5) is 0 Å². The van der Waals surface area contributed by atoms with Gasteiger partial charge in [-0.3, -0.25) is 53.0 Å². The molecule has 6 fully saturated rings. The molecule has 638 valence electrons. The van der Waals surface area contributed by atoms with Crippen LogP contribution < -0.4 is 57.2 Å². The Hall–Kier alpha value is -13.1. The number of fused-ring (bicyclic) bond motifs is 3. The number of nitrogens with zero attached hydrogens (tertiary/aromatic N) is 11. The van der Waals surface area contributed by atoms with Gasteiger partial charge in [-0.25, -0.2) is 4.68 Å². The fourth-order valence-corrected chi connectivity index (χ4v) is 18.5. The normalized spacial score (nSPS) is 22.3. The second-order valence-electron chi connectivity index (χ2n) is 33.2. The number of carbonyl (C=O) groups excluding carboxylic acids is 6. The van der Waals surface area contributed by atoms with Gasteiger partial charge in [-0.05, 0) is 188 Å². The Bertz CT molecular complexity index is 5800. The number of pyridine rings is 4. The van der Waals surface area contributed by atoms with Gasteiger partial charge in [-0.1, -0.05) is 59.8 Å². The first kappa shape index (κ1) is 83.5. The van der Waals surface area contributed by atoms with Crippen molar-refractivity contribution in [3.63, 3.8) is 0 Å². The molecule has 31 heteroatoms. The van der Waals surface area contributed by atoms with E-state index in [2.05, 4.69) is 84.4 Å². The van der Waals surface area contributed by atoms with Crippen molar-refractivity contribution in [2.24, 2.45) is 31.8 Å². The van der Waals surface area contributed by atoms with E-state index >= 15 is 0 Å². The van der Waals surface area contributed by atoms with Crippen LogP contribution in [0.5, 0.6) is 17.2 Å². The zero-order valence-electron chi connectivity index (χ0n) is 69.5. The summed E-state index contributed by atoms with van der Waals surface area (Å²) in [6.45, 7) is 4.33. The third-order valence-electron chi connectivity index (χ3n) is 25.0. The van der Waals surface area contributed by atoms with Crippen molar-refractivity contribution < 1.29 is 43.0 Å². The Morgan fingerprint density at radius 3 is 1.46 bits per heavy atom. The van der Waals surface area contributed by atoms with Crippen molar-refractivity contribution in [1.82, 2.24) is 101 Å². The summed E-state index contributed by atoms with van der Waals surface area (Å²) in [6.07, 6.45) is 20.1. The molecular formula is C92H104N20O11. The lowest BCUT2D eigenvalue weighted by molar-refractivity contribution is -0.139. The Balaban J connectivity index is 0.000000137. The Kier molecular flexibility index (Phi) is 25.7. The van der Waals surface area contributed by atoms with Gasteiger partial charge in [0, 0.05) is 160 Å². The predicted molar refractivity (Wildman–Crippen MR) is 462 cm³/mol. The van der Waals surface area contributed by atoms with Crippen LogP contribution in [0.1, 0.15) is 101 Å². The highest BCUT2D eigenvalue weighted by molar-refractivity contribution is 5.93. The number of H-pyrrole nitrogens is 3. The molecule has 14 heterocycles. The first-order valence-electron chi connectivity index (χ1n) is 42.1. The van der Waals surface area contributed by atoms with Crippen LogP contribution in [-0.2, 0) is 81.8 Å². The molecule has 8 aromatic heterocycles. The van der Waals surface area contributed by atoms with Gasteiger partial charge in [0.05, 0.1) is 70.3 Å². The second-order valence-corrected chi connectivity index (χ2v) is 33.2. The summed E-state index contributed by atoms with van der Waals surface area (Å²) in [5.74, 6) is 2.36. The number of aromatic amines is 3. The number of aromatic nitrogens is 11. The Labute approximate surface area is 710 Å². The summed E-state index contributed by atoms with van der Waals surface area (Å²) in [5.41, 5.74) is 11.3. The van der Waals surface area contributed by atoms with Crippen molar-refractivity contribution in [3.8, 4) is 17.2 Å². The highest BCUT2D eigenvalue weighted by Gasteiger charge is 2.47. The maximum Gasteiger partial charge on any atom is 0.251 e. The average Bonchev–Trinajstić information content (AvgIpc) is 1.59. The number of hydrogen-bond acceptors (Lipinski definition) is 19. The van der Waals surface area contributed by atoms with Crippen LogP contribution in [0.25, 0.3) is 32.8 Å². The molecule has 9 N–H and O–H groups in total. The Morgan fingerprint density at radius 1 is 0.496 bits per heavy atom. The van der Waals surface area contributed by atoms with Crippen LogP contribution in [0.15, 0.2) is 205 Å².